The number of thiol groups is 1. The van der Waals surface area contributed by atoms with Gasteiger partial charge in [-0.3, -0.25) is 4.79 Å². The first-order chi connectivity index (χ1) is 38.8. The van der Waals surface area contributed by atoms with Crippen molar-refractivity contribution in [3.8, 4) is 44.5 Å². The molecule has 3 aromatic heterocycles. The van der Waals surface area contributed by atoms with E-state index in [2.05, 4.69) is 268 Å². The van der Waals surface area contributed by atoms with Gasteiger partial charge >= 0.3 is 0 Å². The molecule has 0 radical (unpaired) electrons. The SMILES string of the molecule is CC(C)(C)c1cc(-c2c3nc(c(-c4cc(C(C)(C)C)cc(C(C)(C)C)c4)c4ccc([nH]4)c(-c4cc(C(C)(C)C)cc(C(C)(C)C)c4)c4nc(c(-c5ccc(NC(=O)CCCCCCCS)cc5)c5ccc2[nH]5)C=C4)C=C3)cc(C(C)(C)C)c1. The Hall–Kier alpha value is -6.70. The second kappa shape index (κ2) is 23.0. The number of anilines is 1. The average molecular weight is 1120 g/mol. The first kappa shape index (κ1) is 60.9. The summed E-state index contributed by atoms with van der Waals surface area (Å²) in [6.07, 6.45) is 14.6. The molecule has 83 heavy (non-hydrogen) atoms. The summed E-state index contributed by atoms with van der Waals surface area (Å²) in [5.41, 5.74) is 23.4. The normalized spacial score (nSPS) is 13.3. The number of benzene rings is 4. The highest BCUT2D eigenvalue weighted by atomic mass is 32.1. The van der Waals surface area contributed by atoms with Gasteiger partial charge in [0.2, 0.25) is 5.91 Å². The number of carbonyl (C=O) groups is 1. The fraction of sp³-hybridized carbons (Fsp3) is 0.408. The van der Waals surface area contributed by atoms with Gasteiger partial charge in [-0.05, 0) is 167 Å². The number of hydrogen-bond acceptors (Lipinski definition) is 4. The lowest BCUT2D eigenvalue weighted by Gasteiger charge is -2.26. The molecule has 434 valence electrons. The van der Waals surface area contributed by atoms with Crippen molar-refractivity contribution in [1.29, 1.82) is 0 Å². The first-order valence-electron chi connectivity index (χ1n) is 30.4. The molecule has 2 aliphatic heterocycles. The van der Waals surface area contributed by atoms with Crippen LogP contribution in [0, 0.1) is 0 Å². The molecule has 1 amide bonds. The number of aromatic nitrogens is 4. The number of aromatic amines is 2. The van der Waals surface area contributed by atoms with Crippen molar-refractivity contribution in [2.75, 3.05) is 11.1 Å². The van der Waals surface area contributed by atoms with Crippen molar-refractivity contribution in [3.63, 3.8) is 0 Å². The van der Waals surface area contributed by atoms with Crippen LogP contribution in [0.25, 0.3) is 90.9 Å². The topological polar surface area (TPSA) is 86.5 Å². The van der Waals surface area contributed by atoms with E-state index >= 15 is 0 Å². The third-order valence-electron chi connectivity index (χ3n) is 16.6. The van der Waals surface area contributed by atoms with Gasteiger partial charge in [-0.25, -0.2) is 9.97 Å². The molecule has 0 saturated heterocycles. The van der Waals surface area contributed by atoms with E-state index < -0.39 is 0 Å². The monoisotopic (exact) mass is 1120 g/mol. The fourth-order valence-corrected chi connectivity index (χ4v) is 11.4. The molecule has 3 N–H and O–H groups in total. The minimum atomic E-state index is -0.118. The van der Waals surface area contributed by atoms with E-state index in [0.717, 1.165) is 133 Å². The Bertz CT molecular complexity index is 3650. The van der Waals surface area contributed by atoms with Crippen molar-refractivity contribution < 1.29 is 4.79 Å². The molecule has 6 nitrogen and oxygen atoms in total. The van der Waals surface area contributed by atoms with Crippen molar-refractivity contribution in [2.45, 2.75) is 196 Å². The van der Waals surface area contributed by atoms with Gasteiger partial charge in [-0.1, -0.05) is 211 Å². The Kier molecular flexibility index (Phi) is 16.9. The maximum absolute atomic E-state index is 13.3. The lowest BCUT2D eigenvalue weighted by Crippen LogP contribution is -2.16. The standard InChI is InChI=1S/C76H93N5OS/c1-71(2,3)51-38-48(39-52(44-51)72(4,5)6)68-60-31-29-58(78-60)67(47-25-27-57(28-26-47)77-66(82)24-22-20-19-21-23-37-83)59-30-32-61(79-59)69(49-40-53(73(7,8)9)45-54(41-49)74(10,11)12)63-34-36-65(81-63)70(64-35-33-62(68)80-64)50-42-55(75(13,14)15)46-56(43-50)76(16,17)18/h25-36,38-46,78,81,83H,19-24,37H2,1-18H3,(H,77,82). The van der Waals surface area contributed by atoms with Crippen LogP contribution < -0.4 is 5.32 Å². The molecular weight excluding hydrogens is 1030 g/mol. The fourth-order valence-electron chi connectivity index (χ4n) is 11.2. The summed E-state index contributed by atoms with van der Waals surface area (Å²) in [5, 5.41) is 3.19. The van der Waals surface area contributed by atoms with Crippen molar-refractivity contribution in [2.24, 2.45) is 0 Å². The third-order valence-corrected chi connectivity index (χ3v) is 17.0. The van der Waals surface area contributed by atoms with Crippen molar-refractivity contribution >= 4 is 70.6 Å². The number of carbonyl (C=O) groups excluding carboxylic acids is 1. The summed E-state index contributed by atoms with van der Waals surface area (Å²) >= 11 is 4.36. The zero-order valence-corrected chi connectivity index (χ0v) is 54.2. The van der Waals surface area contributed by atoms with E-state index in [1.165, 1.54) is 33.4 Å². The molecular formula is C76H93N5OS. The van der Waals surface area contributed by atoms with Gasteiger partial charge in [0, 0.05) is 56.4 Å². The second-order valence-electron chi connectivity index (χ2n) is 29.8. The number of hydrogen-bond donors (Lipinski definition) is 4. The molecule has 2 aliphatic rings. The van der Waals surface area contributed by atoms with Gasteiger partial charge in [0.15, 0.2) is 0 Å². The quantitative estimate of drug-likeness (QED) is 0.0726. The molecule has 0 fully saturated rings. The van der Waals surface area contributed by atoms with Crippen LogP contribution in [-0.2, 0) is 37.3 Å². The zero-order valence-electron chi connectivity index (χ0n) is 53.3. The van der Waals surface area contributed by atoms with Crippen LogP contribution in [0.4, 0.5) is 5.69 Å². The van der Waals surface area contributed by atoms with Crippen LogP contribution in [0.1, 0.15) is 219 Å². The maximum atomic E-state index is 13.3. The lowest BCUT2D eigenvalue weighted by molar-refractivity contribution is -0.116. The van der Waals surface area contributed by atoms with E-state index in [9.17, 15) is 4.79 Å². The molecule has 8 bridgehead atoms. The predicted octanol–water partition coefficient (Wildman–Crippen LogP) is 21.3. The van der Waals surface area contributed by atoms with Crippen LogP contribution in [0.5, 0.6) is 0 Å². The summed E-state index contributed by atoms with van der Waals surface area (Å²) < 4.78 is 0. The molecule has 5 heterocycles. The summed E-state index contributed by atoms with van der Waals surface area (Å²) in [6.45, 7) is 41.5. The Morgan fingerprint density at radius 2 is 0.651 bits per heavy atom. The molecule has 9 rings (SSSR count). The smallest absolute Gasteiger partial charge is 0.224 e. The van der Waals surface area contributed by atoms with Gasteiger partial charge in [-0.2, -0.15) is 12.6 Å². The van der Waals surface area contributed by atoms with Crippen LogP contribution in [0.2, 0.25) is 0 Å². The predicted molar refractivity (Wildman–Crippen MR) is 363 cm³/mol. The Morgan fingerprint density at radius 1 is 0.373 bits per heavy atom. The van der Waals surface area contributed by atoms with E-state index in [1.54, 1.807) is 0 Å². The molecule has 0 atom stereocenters. The van der Waals surface area contributed by atoms with Gasteiger partial charge in [-0.15, -0.1) is 0 Å². The van der Waals surface area contributed by atoms with E-state index in [0.29, 0.717) is 6.42 Å². The molecule has 4 aromatic carbocycles. The summed E-state index contributed by atoms with van der Waals surface area (Å²) in [5.74, 6) is 0.947. The molecule has 7 heteroatoms. The highest BCUT2D eigenvalue weighted by molar-refractivity contribution is 7.80. The number of nitrogens with one attached hydrogen (secondary N) is 3. The number of unbranched alkanes of at least 4 members (excludes halogenated alkanes) is 4. The van der Waals surface area contributed by atoms with E-state index in [4.69, 9.17) is 9.97 Å². The van der Waals surface area contributed by atoms with Crippen LogP contribution in [-0.4, -0.2) is 31.6 Å². The third kappa shape index (κ3) is 13.8. The number of amides is 1. The molecule has 0 saturated carbocycles. The van der Waals surface area contributed by atoms with Gasteiger partial charge in [0.1, 0.15) is 0 Å². The van der Waals surface area contributed by atoms with Crippen LogP contribution in [0.3, 0.4) is 0 Å². The summed E-state index contributed by atoms with van der Waals surface area (Å²) in [4.78, 5) is 33.0. The number of rotatable bonds is 12. The highest BCUT2D eigenvalue weighted by Gasteiger charge is 2.28. The Balaban J connectivity index is 1.42. The lowest BCUT2D eigenvalue weighted by atomic mass is 9.78. The van der Waals surface area contributed by atoms with Gasteiger partial charge < -0.3 is 15.3 Å². The number of nitrogens with zero attached hydrogens (tertiary/aromatic N) is 2. The minimum absolute atomic E-state index is 0.0386. The minimum Gasteiger partial charge on any atom is -0.354 e. The number of fused-ring (bicyclic) bond motifs is 8. The Morgan fingerprint density at radius 3 is 0.940 bits per heavy atom. The summed E-state index contributed by atoms with van der Waals surface area (Å²) in [7, 11) is 0. The van der Waals surface area contributed by atoms with Gasteiger partial charge in [0.05, 0.1) is 22.8 Å². The van der Waals surface area contributed by atoms with Crippen LogP contribution >= 0.6 is 12.6 Å². The summed E-state index contributed by atoms with van der Waals surface area (Å²) in [6, 6.07) is 38.7. The second-order valence-corrected chi connectivity index (χ2v) is 30.2. The molecule has 7 aromatic rings. The average Bonchev–Trinajstić information content (AvgIpc) is 2.95. The zero-order chi connectivity index (χ0) is 60.2. The van der Waals surface area contributed by atoms with Crippen molar-refractivity contribution in [1.82, 2.24) is 19.9 Å². The van der Waals surface area contributed by atoms with Gasteiger partial charge in [0.25, 0.3) is 0 Å². The number of H-pyrrole nitrogens is 2. The van der Waals surface area contributed by atoms with Crippen molar-refractivity contribution in [3.05, 3.63) is 159 Å². The maximum Gasteiger partial charge on any atom is 0.224 e. The molecule has 0 aliphatic carbocycles. The first-order valence-corrected chi connectivity index (χ1v) is 31.1. The molecule has 0 spiro atoms. The van der Waals surface area contributed by atoms with Crippen LogP contribution in [0.15, 0.2) is 103 Å². The largest absolute Gasteiger partial charge is 0.354 e. The highest BCUT2D eigenvalue weighted by Crippen LogP contribution is 2.44. The van der Waals surface area contributed by atoms with E-state index in [-0.39, 0.29) is 38.4 Å². The van der Waals surface area contributed by atoms with E-state index in [1.807, 2.05) is 12.1 Å². The Labute approximate surface area is 503 Å². The molecule has 0 unspecified atom stereocenters.